The van der Waals surface area contributed by atoms with E-state index in [1.54, 1.807) is 0 Å². The Labute approximate surface area is 126 Å². The van der Waals surface area contributed by atoms with E-state index in [0.29, 0.717) is 0 Å². The van der Waals surface area contributed by atoms with E-state index < -0.39 is 19.3 Å². The van der Waals surface area contributed by atoms with Crippen LogP contribution in [0.4, 0.5) is 0 Å². The summed E-state index contributed by atoms with van der Waals surface area (Å²) in [5.41, 5.74) is 0. The Morgan fingerprint density at radius 3 is 0.929 bits per heavy atom. The summed E-state index contributed by atoms with van der Waals surface area (Å²) in [7, 11) is -8.59. The summed E-state index contributed by atoms with van der Waals surface area (Å²) in [6.07, 6.45) is 0. The quantitative estimate of drug-likeness (QED) is 0.195. The zero-order valence-electron chi connectivity index (χ0n) is 7.36. The topological polar surface area (TPSA) is 255 Å². The van der Waals surface area contributed by atoms with Crippen LogP contribution >= 0.6 is 0 Å². The Bertz CT molecular complexity index is 171. The summed E-state index contributed by atoms with van der Waals surface area (Å²) in [6.45, 7) is 0. The first-order chi connectivity index (χ1) is 2.94. The van der Waals surface area contributed by atoms with Crippen molar-refractivity contribution in [2.75, 3.05) is 0 Å². The van der Waals surface area contributed by atoms with Crippen LogP contribution in [0.2, 0.25) is 0 Å². The second-order valence-corrected chi connectivity index (χ2v) is 3.88. The third-order valence-electron chi connectivity index (χ3n) is 0.167. The van der Waals surface area contributed by atoms with Crippen LogP contribution in [0.1, 0.15) is 0 Å². The minimum atomic E-state index is -5.07. The predicted octanol–water partition coefficient (Wildman–Crippen LogP) is -11.8. The van der Waals surface area contributed by atoms with Crippen LogP contribution in [0, 0.1) is 0 Å². The minimum Gasteiger partial charge on any atom is -0.761 e. The largest absolute Gasteiger partial charge is 1.00 e. The van der Waals surface area contributed by atoms with Gasteiger partial charge in [-0.05, 0) is 0 Å². The van der Waals surface area contributed by atoms with Crippen molar-refractivity contribution < 1.29 is 108 Å². The van der Waals surface area contributed by atoms with Crippen LogP contribution in [0.3, 0.4) is 0 Å². The fraction of sp³-hybridized carbons (Fsp3) is 0. The summed E-state index contributed by atoms with van der Waals surface area (Å²) in [5.74, 6) is 0. The van der Waals surface area contributed by atoms with Crippen molar-refractivity contribution in [3.8, 4) is 0 Å². The molecule has 0 rings (SSSR count). The van der Waals surface area contributed by atoms with E-state index in [4.69, 9.17) is 21.7 Å². The first-order valence-corrected chi connectivity index (χ1v) is 4.00. The summed E-state index contributed by atoms with van der Waals surface area (Å²) in [5, 5.41) is 0. The fourth-order valence-corrected chi connectivity index (χ4v) is 0. The molecule has 0 saturated heterocycles. The molecule has 0 radical (unpaired) electrons. The summed E-state index contributed by atoms with van der Waals surface area (Å²) >= 11 is 0. The van der Waals surface area contributed by atoms with Crippen LogP contribution in [-0.4, -0.2) is 49.1 Å². The molecule has 1 atom stereocenters. The molecule has 14 heavy (non-hydrogen) atoms. The summed E-state index contributed by atoms with van der Waals surface area (Å²) in [6, 6.07) is 0. The van der Waals surface area contributed by atoms with E-state index in [2.05, 4.69) is 0 Å². The van der Waals surface area contributed by atoms with Crippen LogP contribution < -0.4 is 59.1 Å². The zero-order chi connectivity index (χ0) is 6.08. The van der Waals surface area contributed by atoms with Gasteiger partial charge in [0.2, 0.25) is 0 Å². The third kappa shape index (κ3) is 37.1. The molecular formula is H10Na2O10S2. The van der Waals surface area contributed by atoms with Crippen molar-refractivity contribution in [2.24, 2.45) is 0 Å². The normalized spacial score (nSPS) is 8.14. The van der Waals surface area contributed by atoms with E-state index in [1.165, 1.54) is 0 Å². The van der Waals surface area contributed by atoms with Gasteiger partial charge in [-0.25, -0.2) is 8.42 Å². The maximum absolute atomic E-state index is 9.16. The Hall–Kier alpha value is 1.82. The molecule has 84 valence electrons. The fourth-order valence-electron chi connectivity index (χ4n) is 0. The smallest absolute Gasteiger partial charge is 0.761 e. The van der Waals surface area contributed by atoms with Gasteiger partial charge in [0, 0.05) is 0 Å². The van der Waals surface area contributed by atoms with Crippen molar-refractivity contribution in [3.63, 3.8) is 0 Å². The number of rotatable bonds is 1. The molecule has 0 heterocycles. The van der Waals surface area contributed by atoms with Gasteiger partial charge < -0.3 is 36.5 Å². The molecule has 0 aliphatic rings. The molecule has 10 N–H and O–H groups in total. The second-order valence-electron chi connectivity index (χ2n) is 0.612. The number of hydrogen-bond acceptors (Lipinski definition) is 5. The Morgan fingerprint density at radius 2 is 0.929 bits per heavy atom. The van der Waals surface area contributed by atoms with E-state index in [-0.39, 0.29) is 86.5 Å². The molecule has 14 heteroatoms. The second kappa shape index (κ2) is 24.2. The van der Waals surface area contributed by atoms with Crippen LogP contribution in [0.25, 0.3) is 0 Å². The maximum Gasteiger partial charge on any atom is 1.00 e. The van der Waals surface area contributed by atoms with Gasteiger partial charge >= 0.3 is 59.1 Å². The van der Waals surface area contributed by atoms with Gasteiger partial charge in [0.05, 0.1) is 10.1 Å². The third-order valence-corrected chi connectivity index (χ3v) is 1.50. The Morgan fingerprint density at radius 1 is 0.857 bits per heavy atom. The molecular weight excluding hydrogens is 270 g/mol. The molecule has 0 aliphatic carbocycles. The van der Waals surface area contributed by atoms with E-state index in [9.17, 15) is 0 Å². The molecule has 0 amide bonds. The van der Waals surface area contributed by atoms with Crippen LogP contribution in [-0.2, 0) is 19.3 Å². The molecule has 10 nitrogen and oxygen atoms in total. The first kappa shape index (κ1) is 56.8. The standard InChI is InChI=1S/2Na.H2O5S2.5H2O/c;;1-6(2)7(3,4)5;;;;;/h;;(H,1,2)(H,3,4,5);5*1H2/q2*+1;;;;;;/p-2. The Kier molecular flexibility index (Phi) is 98.1. The van der Waals surface area contributed by atoms with Crippen LogP contribution in [0.15, 0.2) is 0 Å². The van der Waals surface area contributed by atoms with Gasteiger partial charge in [-0.1, -0.05) is 0 Å². The first-order valence-electron chi connectivity index (χ1n) is 1.00. The SMILES string of the molecule is O.O.O.O.O.O=S([O-])S(=O)(=O)[O-].[Na+].[Na+]. The zero-order valence-corrected chi connectivity index (χ0v) is 13.0. The molecule has 0 aromatic carbocycles. The van der Waals surface area contributed by atoms with Gasteiger partial charge in [-0.15, -0.1) is 0 Å². The number of hydrogen-bond donors (Lipinski definition) is 0. The van der Waals surface area contributed by atoms with Crippen LogP contribution in [0.5, 0.6) is 0 Å². The average molecular weight is 280 g/mol. The van der Waals surface area contributed by atoms with Gasteiger partial charge in [0.15, 0.2) is 9.15 Å². The van der Waals surface area contributed by atoms with E-state index in [0.717, 1.165) is 0 Å². The van der Waals surface area contributed by atoms with Crippen molar-refractivity contribution in [1.29, 1.82) is 0 Å². The molecule has 0 saturated carbocycles. The Balaban J connectivity index is -0.00000000857. The maximum atomic E-state index is 9.16. The molecule has 0 bridgehead atoms. The summed E-state index contributed by atoms with van der Waals surface area (Å²) in [4.78, 5) is 0. The average Bonchev–Trinajstić information content (AvgIpc) is 1.31. The molecule has 0 fully saturated rings. The molecule has 0 spiro atoms. The molecule has 0 aromatic rings. The van der Waals surface area contributed by atoms with Crippen molar-refractivity contribution in [1.82, 2.24) is 0 Å². The van der Waals surface area contributed by atoms with Crippen molar-refractivity contribution >= 4 is 19.3 Å². The predicted molar refractivity (Wildman–Crippen MR) is 36.7 cm³/mol. The van der Waals surface area contributed by atoms with Gasteiger partial charge in [0.25, 0.3) is 0 Å². The van der Waals surface area contributed by atoms with E-state index >= 15 is 0 Å². The van der Waals surface area contributed by atoms with Crippen molar-refractivity contribution in [3.05, 3.63) is 0 Å². The molecule has 0 aromatic heterocycles. The molecule has 0 aliphatic heterocycles. The summed E-state index contributed by atoms with van der Waals surface area (Å²) < 4.78 is 45.7. The molecule has 1 unspecified atom stereocenters. The van der Waals surface area contributed by atoms with Gasteiger partial charge in [-0.2, -0.15) is 0 Å². The monoisotopic (exact) mass is 280 g/mol. The van der Waals surface area contributed by atoms with Gasteiger partial charge in [-0.3, -0.25) is 4.21 Å². The van der Waals surface area contributed by atoms with Crippen molar-refractivity contribution in [2.45, 2.75) is 0 Å². The van der Waals surface area contributed by atoms with E-state index in [1.807, 2.05) is 0 Å². The minimum absolute atomic E-state index is 0. The van der Waals surface area contributed by atoms with Gasteiger partial charge in [0.1, 0.15) is 0 Å².